The molecule has 0 bridgehead atoms. The summed E-state index contributed by atoms with van der Waals surface area (Å²) in [6, 6.07) is 12.6. The Kier molecular flexibility index (Phi) is 6.72. The molecule has 0 spiro atoms. The second-order valence-corrected chi connectivity index (χ2v) is 8.13. The zero-order valence-corrected chi connectivity index (χ0v) is 18.6. The van der Waals surface area contributed by atoms with Gasteiger partial charge in [-0.15, -0.1) is 0 Å². The molecule has 3 aromatic rings. The standard InChI is InChI=1S/C25H26FN3O4/c1-16-22(17(2)33-28-16)15-32-23-6-4-3-5-21(23)25(31)29-13-11-20(12-14-29)27-24(30)18-7-9-19(26)10-8-18/h3-10,20H,11-15H2,1-2H3,(H,27,30). The number of piperidine rings is 1. The molecule has 0 atom stereocenters. The van der Waals surface area contributed by atoms with Crippen molar-refractivity contribution in [1.82, 2.24) is 15.4 Å². The minimum atomic E-state index is -0.380. The monoisotopic (exact) mass is 451 g/mol. The van der Waals surface area contributed by atoms with Crippen LogP contribution in [0.1, 0.15) is 50.6 Å². The van der Waals surface area contributed by atoms with Crippen LogP contribution in [-0.4, -0.2) is 41.0 Å². The fourth-order valence-corrected chi connectivity index (χ4v) is 3.89. The van der Waals surface area contributed by atoms with E-state index in [9.17, 15) is 14.0 Å². The number of hydrogen-bond acceptors (Lipinski definition) is 5. The van der Waals surface area contributed by atoms with Crippen molar-refractivity contribution in [2.75, 3.05) is 13.1 Å². The van der Waals surface area contributed by atoms with Gasteiger partial charge in [-0.1, -0.05) is 17.3 Å². The molecule has 33 heavy (non-hydrogen) atoms. The van der Waals surface area contributed by atoms with Crippen molar-refractivity contribution in [2.24, 2.45) is 0 Å². The second kappa shape index (κ2) is 9.85. The summed E-state index contributed by atoms with van der Waals surface area (Å²) in [4.78, 5) is 27.3. The van der Waals surface area contributed by atoms with Gasteiger partial charge in [0.1, 0.15) is 23.9 Å². The molecule has 7 nitrogen and oxygen atoms in total. The molecule has 2 heterocycles. The van der Waals surface area contributed by atoms with E-state index in [0.717, 1.165) is 11.3 Å². The quantitative estimate of drug-likeness (QED) is 0.611. The predicted octanol–water partition coefficient (Wildman–Crippen LogP) is 4.04. The van der Waals surface area contributed by atoms with E-state index in [2.05, 4.69) is 10.5 Å². The fraction of sp³-hybridized carbons (Fsp3) is 0.320. The minimum absolute atomic E-state index is 0.0439. The molecule has 1 aliphatic heterocycles. The third-order valence-electron chi connectivity index (χ3n) is 5.89. The van der Waals surface area contributed by atoms with E-state index in [-0.39, 0.29) is 30.3 Å². The molecule has 1 N–H and O–H groups in total. The van der Waals surface area contributed by atoms with Gasteiger partial charge < -0.3 is 19.5 Å². The molecule has 172 valence electrons. The number of halogens is 1. The molecular weight excluding hydrogens is 425 g/mol. The van der Waals surface area contributed by atoms with Crippen LogP contribution in [-0.2, 0) is 6.61 Å². The molecule has 0 unspecified atom stereocenters. The number of para-hydroxylation sites is 1. The SMILES string of the molecule is Cc1noc(C)c1COc1ccccc1C(=O)N1CCC(NC(=O)c2ccc(F)cc2)CC1. The van der Waals surface area contributed by atoms with Crippen molar-refractivity contribution in [3.05, 3.63) is 82.5 Å². The van der Waals surface area contributed by atoms with E-state index in [1.165, 1.54) is 24.3 Å². The van der Waals surface area contributed by atoms with Crippen LogP contribution in [0, 0.1) is 19.7 Å². The first-order valence-corrected chi connectivity index (χ1v) is 10.9. The van der Waals surface area contributed by atoms with Gasteiger partial charge >= 0.3 is 0 Å². The average Bonchev–Trinajstić information content (AvgIpc) is 3.15. The summed E-state index contributed by atoms with van der Waals surface area (Å²) in [5, 5.41) is 6.91. The van der Waals surface area contributed by atoms with Gasteiger partial charge in [0.05, 0.1) is 16.8 Å². The van der Waals surface area contributed by atoms with Crippen molar-refractivity contribution in [3.63, 3.8) is 0 Å². The highest BCUT2D eigenvalue weighted by Gasteiger charge is 2.26. The zero-order chi connectivity index (χ0) is 23.4. The Bertz CT molecular complexity index is 1120. The number of hydrogen-bond donors (Lipinski definition) is 1. The van der Waals surface area contributed by atoms with Gasteiger partial charge in [0.2, 0.25) is 0 Å². The number of nitrogens with one attached hydrogen (secondary N) is 1. The van der Waals surface area contributed by atoms with Gasteiger partial charge in [-0.2, -0.15) is 0 Å². The van der Waals surface area contributed by atoms with Crippen LogP contribution in [0.5, 0.6) is 5.75 Å². The predicted molar refractivity (Wildman–Crippen MR) is 120 cm³/mol. The Morgan fingerprint density at radius 3 is 2.48 bits per heavy atom. The molecular formula is C25H26FN3O4. The molecule has 0 aliphatic carbocycles. The Morgan fingerprint density at radius 2 is 1.82 bits per heavy atom. The van der Waals surface area contributed by atoms with E-state index in [4.69, 9.17) is 9.26 Å². The smallest absolute Gasteiger partial charge is 0.257 e. The Labute approximate surface area is 191 Å². The zero-order valence-electron chi connectivity index (χ0n) is 18.6. The molecule has 8 heteroatoms. The van der Waals surface area contributed by atoms with Gasteiger partial charge in [0, 0.05) is 24.7 Å². The topological polar surface area (TPSA) is 84.7 Å². The fourth-order valence-electron chi connectivity index (χ4n) is 3.89. The normalized spacial score (nSPS) is 14.2. The third kappa shape index (κ3) is 5.22. The second-order valence-electron chi connectivity index (χ2n) is 8.13. The van der Waals surface area contributed by atoms with Crippen molar-refractivity contribution in [2.45, 2.75) is 39.3 Å². The van der Waals surface area contributed by atoms with Crippen molar-refractivity contribution in [3.8, 4) is 5.75 Å². The number of aryl methyl sites for hydroxylation is 2. The molecule has 1 saturated heterocycles. The Morgan fingerprint density at radius 1 is 1.12 bits per heavy atom. The average molecular weight is 451 g/mol. The number of likely N-dealkylation sites (tertiary alicyclic amines) is 1. The highest BCUT2D eigenvalue weighted by atomic mass is 19.1. The lowest BCUT2D eigenvalue weighted by Crippen LogP contribution is -2.46. The number of amides is 2. The van der Waals surface area contributed by atoms with Crippen molar-refractivity contribution < 1.29 is 23.2 Å². The lowest BCUT2D eigenvalue weighted by atomic mass is 10.0. The Hall–Kier alpha value is -3.68. The van der Waals surface area contributed by atoms with Crippen LogP contribution in [0.3, 0.4) is 0 Å². The molecule has 1 aromatic heterocycles. The minimum Gasteiger partial charge on any atom is -0.488 e. The lowest BCUT2D eigenvalue weighted by Gasteiger charge is -2.32. The first kappa shape index (κ1) is 22.5. The molecule has 2 aromatic carbocycles. The van der Waals surface area contributed by atoms with Crippen LogP contribution < -0.4 is 10.1 Å². The summed E-state index contributed by atoms with van der Waals surface area (Å²) in [7, 11) is 0. The molecule has 1 aliphatic rings. The summed E-state index contributed by atoms with van der Waals surface area (Å²) in [6.45, 7) is 4.99. The summed E-state index contributed by atoms with van der Waals surface area (Å²) in [5.74, 6) is 0.482. The summed E-state index contributed by atoms with van der Waals surface area (Å²) in [6.07, 6.45) is 1.28. The first-order chi connectivity index (χ1) is 15.9. The van der Waals surface area contributed by atoms with Crippen molar-refractivity contribution in [1.29, 1.82) is 0 Å². The highest BCUT2D eigenvalue weighted by molar-refractivity contribution is 5.97. The molecule has 1 fully saturated rings. The summed E-state index contributed by atoms with van der Waals surface area (Å²) < 4.78 is 24.2. The van der Waals surface area contributed by atoms with E-state index in [1.54, 1.807) is 17.0 Å². The van der Waals surface area contributed by atoms with Crippen LogP contribution in [0.4, 0.5) is 4.39 Å². The van der Waals surface area contributed by atoms with Gasteiger partial charge in [-0.25, -0.2) is 4.39 Å². The van der Waals surface area contributed by atoms with Crippen molar-refractivity contribution >= 4 is 11.8 Å². The van der Waals surface area contributed by atoms with Gasteiger partial charge in [0.25, 0.3) is 11.8 Å². The molecule has 4 rings (SSSR count). The maximum absolute atomic E-state index is 13.2. The van der Waals surface area contributed by atoms with Crippen LogP contribution in [0.15, 0.2) is 53.1 Å². The number of rotatable bonds is 6. The number of ether oxygens (including phenoxy) is 1. The van der Waals surface area contributed by atoms with Gasteiger partial charge in [-0.05, 0) is 63.1 Å². The van der Waals surface area contributed by atoms with Crippen LogP contribution >= 0.6 is 0 Å². The van der Waals surface area contributed by atoms with E-state index < -0.39 is 0 Å². The maximum atomic E-state index is 13.2. The lowest BCUT2D eigenvalue weighted by molar-refractivity contribution is 0.0693. The summed E-state index contributed by atoms with van der Waals surface area (Å²) >= 11 is 0. The molecule has 0 saturated carbocycles. The third-order valence-corrected chi connectivity index (χ3v) is 5.89. The number of benzene rings is 2. The van der Waals surface area contributed by atoms with Crippen LogP contribution in [0.25, 0.3) is 0 Å². The number of carbonyl (C=O) groups is 2. The number of aromatic nitrogens is 1. The number of nitrogens with zero attached hydrogens (tertiary/aromatic N) is 2. The van der Waals surface area contributed by atoms with E-state index in [1.807, 2.05) is 26.0 Å². The molecule has 2 amide bonds. The maximum Gasteiger partial charge on any atom is 0.257 e. The van der Waals surface area contributed by atoms with Gasteiger partial charge in [0.15, 0.2) is 0 Å². The van der Waals surface area contributed by atoms with Gasteiger partial charge in [-0.3, -0.25) is 9.59 Å². The van der Waals surface area contributed by atoms with E-state index >= 15 is 0 Å². The molecule has 0 radical (unpaired) electrons. The largest absolute Gasteiger partial charge is 0.488 e. The summed E-state index contributed by atoms with van der Waals surface area (Å²) in [5.41, 5.74) is 2.55. The first-order valence-electron chi connectivity index (χ1n) is 10.9. The Balaban J connectivity index is 1.35. The van der Waals surface area contributed by atoms with Crippen LogP contribution in [0.2, 0.25) is 0 Å². The number of carbonyl (C=O) groups excluding carboxylic acids is 2. The van der Waals surface area contributed by atoms with E-state index in [0.29, 0.717) is 48.6 Å². The highest BCUT2D eigenvalue weighted by Crippen LogP contribution is 2.24.